The molecular formula is C27H32N2O6. The number of carbonyl (C=O) groups is 3. The lowest BCUT2D eigenvalue weighted by molar-refractivity contribution is -0.147. The summed E-state index contributed by atoms with van der Waals surface area (Å²) in [6.45, 7) is 2.76. The van der Waals surface area contributed by atoms with E-state index in [0.29, 0.717) is 32.4 Å². The molecule has 0 bridgehead atoms. The molecule has 2 amide bonds. The number of alkyl carbamates (subject to hydrolysis) is 1. The Kier molecular flexibility index (Phi) is 8.02. The monoisotopic (exact) mass is 480 g/mol. The van der Waals surface area contributed by atoms with Gasteiger partial charge in [0.05, 0.1) is 6.10 Å². The van der Waals surface area contributed by atoms with Crippen LogP contribution in [0, 0.1) is 0 Å². The molecule has 2 N–H and O–H groups in total. The molecule has 8 heteroatoms. The SMILES string of the molecule is CCC[C@@H](NC(=O)OCC1c2ccccc2-c2ccccc21)C(=O)N1CCC(OCC(=O)O)CC1. The van der Waals surface area contributed by atoms with Gasteiger partial charge < -0.3 is 24.8 Å². The van der Waals surface area contributed by atoms with E-state index in [-0.39, 0.29) is 31.1 Å². The fraction of sp³-hybridized carbons (Fsp3) is 0.444. The molecule has 0 unspecified atom stereocenters. The number of amides is 2. The van der Waals surface area contributed by atoms with Gasteiger partial charge in [-0.3, -0.25) is 4.79 Å². The second-order valence-electron chi connectivity index (χ2n) is 9.04. The van der Waals surface area contributed by atoms with E-state index >= 15 is 0 Å². The zero-order chi connectivity index (χ0) is 24.8. The van der Waals surface area contributed by atoms with Gasteiger partial charge in [-0.2, -0.15) is 0 Å². The average molecular weight is 481 g/mol. The predicted molar refractivity (Wildman–Crippen MR) is 130 cm³/mol. The molecule has 1 aliphatic heterocycles. The number of fused-ring (bicyclic) bond motifs is 3. The molecule has 1 saturated heterocycles. The first kappa shape index (κ1) is 24.7. The summed E-state index contributed by atoms with van der Waals surface area (Å²) >= 11 is 0. The number of benzene rings is 2. The zero-order valence-electron chi connectivity index (χ0n) is 19.9. The largest absolute Gasteiger partial charge is 0.480 e. The Labute approximate surface area is 205 Å². The number of carboxylic acids is 1. The highest BCUT2D eigenvalue weighted by Gasteiger charge is 2.32. The molecule has 8 nitrogen and oxygen atoms in total. The Morgan fingerprint density at radius 1 is 1.03 bits per heavy atom. The molecule has 2 aromatic rings. The van der Waals surface area contributed by atoms with Gasteiger partial charge in [-0.1, -0.05) is 61.9 Å². The van der Waals surface area contributed by atoms with Crippen LogP contribution in [0.15, 0.2) is 48.5 Å². The number of nitrogens with zero attached hydrogens (tertiary/aromatic N) is 1. The third kappa shape index (κ3) is 5.82. The van der Waals surface area contributed by atoms with Gasteiger partial charge in [0.25, 0.3) is 0 Å². The van der Waals surface area contributed by atoms with E-state index in [9.17, 15) is 14.4 Å². The number of hydrogen-bond acceptors (Lipinski definition) is 5. The van der Waals surface area contributed by atoms with Gasteiger partial charge in [0.1, 0.15) is 19.3 Å². The Hall–Kier alpha value is -3.39. The van der Waals surface area contributed by atoms with Gasteiger partial charge in [-0.25, -0.2) is 9.59 Å². The smallest absolute Gasteiger partial charge is 0.407 e. The number of likely N-dealkylation sites (tertiary alicyclic amines) is 1. The summed E-state index contributed by atoms with van der Waals surface area (Å²) in [5, 5.41) is 11.5. The lowest BCUT2D eigenvalue weighted by Gasteiger charge is -2.34. The Morgan fingerprint density at radius 2 is 1.63 bits per heavy atom. The van der Waals surface area contributed by atoms with Crippen LogP contribution in [0.5, 0.6) is 0 Å². The van der Waals surface area contributed by atoms with Crippen LogP contribution >= 0.6 is 0 Å². The highest BCUT2D eigenvalue weighted by molar-refractivity contribution is 5.86. The molecule has 2 aromatic carbocycles. The van der Waals surface area contributed by atoms with Gasteiger partial charge in [0.2, 0.25) is 5.91 Å². The number of ether oxygens (including phenoxy) is 2. The molecule has 1 aliphatic carbocycles. The molecule has 0 radical (unpaired) electrons. The van der Waals surface area contributed by atoms with Gasteiger partial charge in [-0.05, 0) is 41.5 Å². The minimum Gasteiger partial charge on any atom is -0.480 e. The highest BCUT2D eigenvalue weighted by Crippen LogP contribution is 2.44. The second kappa shape index (κ2) is 11.4. The van der Waals surface area contributed by atoms with Crippen molar-refractivity contribution >= 4 is 18.0 Å². The third-order valence-corrected chi connectivity index (χ3v) is 6.71. The fourth-order valence-corrected chi connectivity index (χ4v) is 4.98. The van der Waals surface area contributed by atoms with Gasteiger partial charge >= 0.3 is 12.1 Å². The first-order valence-corrected chi connectivity index (χ1v) is 12.2. The lowest BCUT2D eigenvalue weighted by Crippen LogP contribution is -2.51. The normalized spacial score (nSPS) is 16.3. The van der Waals surface area contributed by atoms with Crippen LogP contribution in [-0.4, -0.2) is 66.4 Å². The lowest BCUT2D eigenvalue weighted by atomic mass is 9.98. The van der Waals surface area contributed by atoms with Crippen molar-refractivity contribution in [2.75, 3.05) is 26.3 Å². The van der Waals surface area contributed by atoms with Gasteiger partial charge in [0.15, 0.2) is 0 Å². The molecule has 1 fully saturated rings. The molecule has 1 heterocycles. The topological polar surface area (TPSA) is 105 Å². The van der Waals surface area contributed by atoms with Crippen molar-refractivity contribution < 1.29 is 29.0 Å². The van der Waals surface area contributed by atoms with Crippen molar-refractivity contribution in [3.63, 3.8) is 0 Å². The predicted octanol–water partition coefficient (Wildman–Crippen LogP) is 3.79. The molecule has 2 aliphatic rings. The number of carboxylic acid groups (broad SMARTS) is 1. The van der Waals surface area contributed by atoms with Crippen LogP contribution < -0.4 is 5.32 Å². The van der Waals surface area contributed by atoms with E-state index in [1.807, 2.05) is 31.2 Å². The van der Waals surface area contributed by atoms with E-state index in [2.05, 4.69) is 29.6 Å². The Bertz CT molecular complexity index is 1020. The third-order valence-electron chi connectivity index (χ3n) is 6.71. The minimum atomic E-state index is -1.00. The standard InChI is InChI=1S/C27H32N2O6/c1-2-7-24(26(32)29-14-12-18(13-15-29)34-17-25(30)31)28-27(33)35-16-23-21-10-5-3-8-19(21)20-9-4-6-11-22(20)23/h3-6,8-11,18,23-24H,2,7,12-17H2,1H3,(H,28,33)(H,30,31)/t24-/m1/s1. The first-order valence-electron chi connectivity index (χ1n) is 12.2. The van der Waals surface area contributed by atoms with Gasteiger partial charge in [0, 0.05) is 19.0 Å². The summed E-state index contributed by atoms with van der Waals surface area (Å²) < 4.78 is 11.0. The molecule has 4 rings (SSSR count). The van der Waals surface area contributed by atoms with E-state index in [0.717, 1.165) is 28.7 Å². The van der Waals surface area contributed by atoms with Crippen LogP contribution in [0.4, 0.5) is 4.79 Å². The number of carbonyl (C=O) groups excluding carboxylic acids is 2. The average Bonchev–Trinajstić information content (AvgIpc) is 3.19. The number of rotatable bonds is 9. The Balaban J connectivity index is 1.33. The van der Waals surface area contributed by atoms with E-state index in [1.54, 1.807) is 4.90 Å². The number of aliphatic carboxylic acids is 1. The quantitative estimate of drug-likeness (QED) is 0.566. The maximum atomic E-state index is 13.1. The molecule has 0 spiro atoms. The summed E-state index contributed by atoms with van der Waals surface area (Å²) in [6.07, 6.45) is 1.62. The van der Waals surface area contributed by atoms with Crippen LogP contribution in [0.2, 0.25) is 0 Å². The summed E-state index contributed by atoms with van der Waals surface area (Å²) in [7, 11) is 0. The minimum absolute atomic E-state index is 0.0432. The highest BCUT2D eigenvalue weighted by atomic mass is 16.5. The van der Waals surface area contributed by atoms with Crippen molar-refractivity contribution in [1.29, 1.82) is 0 Å². The summed E-state index contributed by atoms with van der Waals surface area (Å²) in [5.74, 6) is -1.19. The summed E-state index contributed by atoms with van der Waals surface area (Å²) in [4.78, 5) is 38.2. The molecule has 186 valence electrons. The Morgan fingerprint density at radius 3 is 2.20 bits per heavy atom. The fourth-order valence-electron chi connectivity index (χ4n) is 4.98. The maximum absolute atomic E-state index is 13.1. The van der Waals surface area contributed by atoms with Crippen molar-refractivity contribution in [3.05, 3.63) is 59.7 Å². The van der Waals surface area contributed by atoms with E-state index in [4.69, 9.17) is 14.6 Å². The van der Waals surface area contributed by atoms with Crippen molar-refractivity contribution in [3.8, 4) is 11.1 Å². The van der Waals surface area contributed by atoms with Crippen molar-refractivity contribution in [2.45, 2.75) is 50.7 Å². The van der Waals surface area contributed by atoms with E-state index < -0.39 is 18.1 Å². The van der Waals surface area contributed by atoms with Crippen LogP contribution in [0.1, 0.15) is 49.7 Å². The van der Waals surface area contributed by atoms with Crippen molar-refractivity contribution in [1.82, 2.24) is 10.2 Å². The van der Waals surface area contributed by atoms with Gasteiger partial charge in [-0.15, -0.1) is 0 Å². The molecule has 1 atom stereocenters. The number of piperidine rings is 1. The number of nitrogens with one attached hydrogen (secondary N) is 1. The van der Waals surface area contributed by atoms with Crippen LogP contribution in [0.25, 0.3) is 11.1 Å². The number of hydrogen-bond donors (Lipinski definition) is 2. The molecule has 35 heavy (non-hydrogen) atoms. The summed E-state index contributed by atoms with van der Waals surface area (Å²) in [5.41, 5.74) is 4.59. The first-order chi connectivity index (χ1) is 17.0. The van der Waals surface area contributed by atoms with Crippen molar-refractivity contribution in [2.24, 2.45) is 0 Å². The summed E-state index contributed by atoms with van der Waals surface area (Å²) in [6, 6.07) is 15.6. The zero-order valence-corrected chi connectivity index (χ0v) is 19.9. The van der Waals surface area contributed by atoms with Crippen LogP contribution in [-0.2, 0) is 19.1 Å². The maximum Gasteiger partial charge on any atom is 0.407 e. The van der Waals surface area contributed by atoms with Crippen LogP contribution in [0.3, 0.4) is 0 Å². The molecule has 0 aromatic heterocycles. The second-order valence-corrected chi connectivity index (χ2v) is 9.04. The molecule has 0 saturated carbocycles. The molecular weight excluding hydrogens is 448 g/mol. The van der Waals surface area contributed by atoms with E-state index in [1.165, 1.54) is 0 Å².